The van der Waals surface area contributed by atoms with Crippen molar-refractivity contribution in [2.45, 2.75) is 49.8 Å². The fourth-order valence-corrected chi connectivity index (χ4v) is 5.51. The van der Waals surface area contributed by atoms with E-state index in [0.717, 1.165) is 0 Å². The van der Waals surface area contributed by atoms with Crippen molar-refractivity contribution < 1.29 is 38.5 Å². The molecular formula is C29H34N6O10S. The van der Waals surface area contributed by atoms with Crippen LogP contribution >= 0.6 is 12.6 Å². The number of carbonyl (C=O) groups is 4. The molecule has 2 aliphatic heterocycles. The molecule has 2 aromatic rings. The number of likely N-dealkylation sites (tertiary alicyclic amines) is 1. The minimum Gasteiger partial charge on any atom is -0.461 e. The molecule has 2 saturated heterocycles. The second kappa shape index (κ2) is 15.5. The summed E-state index contributed by atoms with van der Waals surface area (Å²) in [6.45, 7) is 0.934. The fraction of sp³-hybridized carbons (Fsp3) is 0.448. The van der Waals surface area contributed by atoms with Gasteiger partial charge in [-0.2, -0.15) is 12.6 Å². The Labute approximate surface area is 269 Å². The van der Waals surface area contributed by atoms with E-state index in [2.05, 4.69) is 12.6 Å². The largest absolute Gasteiger partial charge is 0.461 e. The summed E-state index contributed by atoms with van der Waals surface area (Å²) >= 11 is 4.47. The zero-order valence-electron chi connectivity index (χ0n) is 24.8. The standard InChI is InChI=1S/C29H34N6O10S/c30-24(9-10-26(36)44-17-19-1-5-21(6-2-19)34(40)41)27(37)31-11-13-32(14-12-31)28(38)25-15-23(46)16-33(25)29(39)45-18-20-3-7-22(8-4-20)35(42)43/h1-8,23-25,46H,9-18,30H2/t23-,24?,25-/m0/s1. The molecule has 2 fully saturated rings. The Morgan fingerprint density at radius 3 is 1.87 bits per heavy atom. The fourth-order valence-electron chi connectivity index (χ4n) is 5.13. The molecule has 16 nitrogen and oxygen atoms in total. The number of nitro benzene ring substituents is 2. The molecule has 246 valence electrons. The zero-order valence-corrected chi connectivity index (χ0v) is 25.7. The van der Waals surface area contributed by atoms with Crippen LogP contribution in [-0.4, -0.2) is 98.5 Å². The van der Waals surface area contributed by atoms with Gasteiger partial charge in [0.05, 0.1) is 15.9 Å². The molecule has 0 bridgehead atoms. The molecule has 0 saturated carbocycles. The Morgan fingerprint density at radius 1 is 0.848 bits per heavy atom. The Hall–Kier alpha value is -4.77. The van der Waals surface area contributed by atoms with Crippen molar-refractivity contribution in [2.24, 2.45) is 5.73 Å². The normalized spacial score (nSPS) is 18.5. The van der Waals surface area contributed by atoms with E-state index < -0.39 is 34.0 Å². The van der Waals surface area contributed by atoms with E-state index in [0.29, 0.717) is 17.5 Å². The molecule has 0 spiro atoms. The summed E-state index contributed by atoms with van der Waals surface area (Å²) in [5.41, 5.74) is 7.04. The molecule has 2 heterocycles. The number of non-ortho nitro benzene ring substituents is 2. The Balaban J connectivity index is 1.20. The number of piperazine rings is 1. The molecule has 0 aliphatic carbocycles. The molecule has 0 aromatic heterocycles. The monoisotopic (exact) mass is 658 g/mol. The lowest BCUT2D eigenvalue weighted by molar-refractivity contribution is -0.385. The van der Waals surface area contributed by atoms with Crippen LogP contribution in [0.4, 0.5) is 16.2 Å². The number of nitro groups is 2. The molecule has 2 aromatic carbocycles. The highest BCUT2D eigenvalue weighted by molar-refractivity contribution is 7.81. The Bertz CT molecular complexity index is 1450. The van der Waals surface area contributed by atoms with Gasteiger partial charge in [-0.15, -0.1) is 0 Å². The van der Waals surface area contributed by atoms with Gasteiger partial charge >= 0.3 is 12.1 Å². The zero-order chi connectivity index (χ0) is 33.4. The minimum absolute atomic E-state index is 0.0550. The molecular weight excluding hydrogens is 624 g/mol. The number of esters is 1. The van der Waals surface area contributed by atoms with Crippen LogP contribution in [0.3, 0.4) is 0 Å². The molecule has 4 rings (SSSR count). The number of nitrogens with zero attached hydrogens (tertiary/aromatic N) is 5. The molecule has 46 heavy (non-hydrogen) atoms. The number of hydrogen-bond donors (Lipinski definition) is 2. The lowest BCUT2D eigenvalue weighted by atomic mass is 10.1. The number of amides is 3. The molecule has 0 radical (unpaired) electrons. The van der Waals surface area contributed by atoms with Gasteiger partial charge in [0, 0.05) is 68.7 Å². The van der Waals surface area contributed by atoms with Crippen LogP contribution in [0.2, 0.25) is 0 Å². The van der Waals surface area contributed by atoms with E-state index in [1.54, 1.807) is 4.90 Å². The van der Waals surface area contributed by atoms with Gasteiger partial charge in [-0.3, -0.25) is 39.5 Å². The van der Waals surface area contributed by atoms with Crippen molar-refractivity contribution in [1.29, 1.82) is 0 Å². The van der Waals surface area contributed by atoms with Gasteiger partial charge in [-0.1, -0.05) is 0 Å². The maximum absolute atomic E-state index is 13.4. The first-order valence-corrected chi connectivity index (χ1v) is 15.0. The first-order valence-electron chi connectivity index (χ1n) is 14.5. The van der Waals surface area contributed by atoms with Crippen molar-refractivity contribution in [3.63, 3.8) is 0 Å². The van der Waals surface area contributed by atoms with Crippen LogP contribution in [0.5, 0.6) is 0 Å². The maximum atomic E-state index is 13.4. The highest BCUT2D eigenvalue weighted by atomic mass is 32.1. The smallest absolute Gasteiger partial charge is 0.410 e. The predicted molar refractivity (Wildman–Crippen MR) is 164 cm³/mol. The van der Waals surface area contributed by atoms with Crippen LogP contribution in [0.25, 0.3) is 0 Å². The van der Waals surface area contributed by atoms with Crippen molar-refractivity contribution in [1.82, 2.24) is 14.7 Å². The van der Waals surface area contributed by atoms with Crippen molar-refractivity contribution >= 4 is 47.9 Å². The second-order valence-corrected chi connectivity index (χ2v) is 11.6. The van der Waals surface area contributed by atoms with Crippen LogP contribution < -0.4 is 5.73 Å². The summed E-state index contributed by atoms with van der Waals surface area (Å²) < 4.78 is 10.6. The van der Waals surface area contributed by atoms with Gasteiger partial charge in [0.2, 0.25) is 11.8 Å². The number of rotatable bonds is 11. The Kier molecular flexibility index (Phi) is 11.5. The first-order chi connectivity index (χ1) is 21.9. The molecule has 1 unspecified atom stereocenters. The molecule has 3 atom stereocenters. The maximum Gasteiger partial charge on any atom is 0.410 e. The van der Waals surface area contributed by atoms with Crippen LogP contribution in [-0.2, 0) is 37.1 Å². The number of hydrogen-bond acceptors (Lipinski definition) is 12. The van der Waals surface area contributed by atoms with E-state index in [-0.39, 0.29) is 87.2 Å². The summed E-state index contributed by atoms with van der Waals surface area (Å²) in [5.74, 6) is -1.20. The summed E-state index contributed by atoms with van der Waals surface area (Å²) in [7, 11) is 0. The van der Waals surface area contributed by atoms with Crippen molar-refractivity contribution in [2.75, 3.05) is 32.7 Å². The van der Waals surface area contributed by atoms with Crippen molar-refractivity contribution in [3.8, 4) is 0 Å². The predicted octanol–water partition coefficient (Wildman–Crippen LogP) is 2.03. The third-order valence-electron chi connectivity index (χ3n) is 7.73. The molecule has 3 amide bonds. The topological polar surface area (TPSA) is 209 Å². The number of carbonyl (C=O) groups excluding carboxylic acids is 4. The number of nitrogens with two attached hydrogens (primary N) is 1. The van der Waals surface area contributed by atoms with Gasteiger partial charge in [0.25, 0.3) is 11.4 Å². The SMILES string of the molecule is NC(CCC(=O)OCc1ccc([N+](=O)[O-])cc1)C(=O)N1CCN(C(=O)[C@@H]2C[C@H](S)CN2C(=O)OCc2ccc([N+](=O)[O-])cc2)CC1. The summed E-state index contributed by atoms with van der Waals surface area (Å²) in [6, 6.07) is 9.47. The van der Waals surface area contributed by atoms with E-state index in [1.807, 2.05) is 0 Å². The molecule has 2 aliphatic rings. The van der Waals surface area contributed by atoms with Gasteiger partial charge in [0.15, 0.2) is 0 Å². The van der Waals surface area contributed by atoms with E-state index in [9.17, 15) is 39.4 Å². The third-order valence-corrected chi connectivity index (χ3v) is 8.11. The van der Waals surface area contributed by atoms with Crippen molar-refractivity contribution in [3.05, 3.63) is 79.9 Å². The minimum atomic E-state index is -0.949. The van der Waals surface area contributed by atoms with Crippen LogP contribution in [0.15, 0.2) is 48.5 Å². The molecule has 2 N–H and O–H groups in total. The van der Waals surface area contributed by atoms with Crippen LogP contribution in [0, 0.1) is 20.2 Å². The summed E-state index contributed by atoms with van der Waals surface area (Å²) in [4.78, 5) is 76.3. The first kappa shape index (κ1) is 34.1. The van der Waals surface area contributed by atoms with Gasteiger partial charge in [0.1, 0.15) is 19.3 Å². The molecule has 17 heteroatoms. The Morgan fingerprint density at radius 2 is 1.35 bits per heavy atom. The van der Waals surface area contributed by atoms with E-state index in [4.69, 9.17) is 15.2 Å². The van der Waals surface area contributed by atoms with Gasteiger partial charge in [-0.25, -0.2) is 4.79 Å². The lowest BCUT2D eigenvalue weighted by Crippen LogP contribution is -2.57. The average Bonchev–Trinajstić information content (AvgIpc) is 3.46. The van der Waals surface area contributed by atoms with E-state index >= 15 is 0 Å². The number of ether oxygens (including phenoxy) is 2. The summed E-state index contributed by atoms with van der Waals surface area (Å²) in [6.07, 6.45) is -0.404. The number of benzene rings is 2. The van der Waals surface area contributed by atoms with Gasteiger partial charge in [-0.05, 0) is 48.2 Å². The second-order valence-electron chi connectivity index (χ2n) is 10.9. The highest BCUT2D eigenvalue weighted by Gasteiger charge is 2.42. The number of thiol groups is 1. The lowest BCUT2D eigenvalue weighted by Gasteiger charge is -2.38. The van der Waals surface area contributed by atoms with Gasteiger partial charge < -0.3 is 25.0 Å². The van der Waals surface area contributed by atoms with Crippen LogP contribution in [0.1, 0.15) is 30.4 Å². The third kappa shape index (κ3) is 8.91. The highest BCUT2D eigenvalue weighted by Crippen LogP contribution is 2.25. The quantitative estimate of drug-likeness (QED) is 0.154. The van der Waals surface area contributed by atoms with E-state index in [1.165, 1.54) is 58.3 Å². The summed E-state index contributed by atoms with van der Waals surface area (Å²) in [5, 5.41) is 21.4. The average molecular weight is 659 g/mol.